The number of anilines is 1. The molecule has 0 saturated carbocycles. The van der Waals surface area contributed by atoms with Crippen LogP contribution in [0.15, 0.2) is 0 Å². The zero-order valence-electron chi connectivity index (χ0n) is 10.2. The van der Waals surface area contributed by atoms with E-state index in [0.29, 0.717) is 28.3 Å². The average Bonchev–Trinajstić information content (AvgIpc) is 2.81. The summed E-state index contributed by atoms with van der Waals surface area (Å²) in [4.78, 5) is 18.9. The molecule has 1 aromatic heterocycles. The van der Waals surface area contributed by atoms with E-state index in [1.54, 1.807) is 0 Å². The SMILES string of the molecule is Cc1nc(N)sc1C(=O)NCC1CCCN1C. The van der Waals surface area contributed by atoms with Crippen molar-refractivity contribution in [3.8, 4) is 0 Å². The summed E-state index contributed by atoms with van der Waals surface area (Å²) in [5, 5.41) is 3.41. The lowest BCUT2D eigenvalue weighted by atomic mass is 10.2. The molecule has 0 aliphatic carbocycles. The highest BCUT2D eigenvalue weighted by Gasteiger charge is 2.22. The lowest BCUT2D eigenvalue weighted by molar-refractivity contribution is 0.0947. The normalized spacial score (nSPS) is 20.7. The van der Waals surface area contributed by atoms with Gasteiger partial charge in [-0.3, -0.25) is 4.79 Å². The fourth-order valence-corrected chi connectivity index (χ4v) is 2.91. The van der Waals surface area contributed by atoms with Gasteiger partial charge in [0.25, 0.3) is 5.91 Å². The molecule has 2 heterocycles. The molecular formula is C11H18N4OS. The van der Waals surface area contributed by atoms with Crippen molar-refractivity contribution in [2.24, 2.45) is 0 Å². The molecule has 0 aromatic carbocycles. The van der Waals surface area contributed by atoms with Gasteiger partial charge >= 0.3 is 0 Å². The largest absolute Gasteiger partial charge is 0.375 e. The molecule has 1 aliphatic rings. The van der Waals surface area contributed by atoms with Crippen LogP contribution in [0.25, 0.3) is 0 Å². The quantitative estimate of drug-likeness (QED) is 0.839. The van der Waals surface area contributed by atoms with Gasteiger partial charge in [-0.1, -0.05) is 11.3 Å². The van der Waals surface area contributed by atoms with Gasteiger partial charge in [-0.25, -0.2) is 4.98 Å². The number of likely N-dealkylation sites (N-methyl/N-ethyl adjacent to an activating group) is 1. The second-order valence-electron chi connectivity index (χ2n) is 4.45. The lowest BCUT2D eigenvalue weighted by Crippen LogP contribution is -2.38. The van der Waals surface area contributed by atoms with Crippen LogP contribution in [-0.2, 0) is 0 Å². The first-order valence-electron chi connectivity index (χ1n) is 5.79. The zero-order valence-corrected chi connectivity index (χ0v) is 11.0. The molecule has 1 unspecified atom stereocenters. The molecule has 1 amide bonds. The summed E-state index contributed by atoms with van der Waals surface area (Å²) >= 11 is 1.25. The molecule has 94 valence electrons. The molecule has 0 bridgehead atoms. The van der Waals surface area contributed by atoms with Gasteiger partial charge in [0.15, 0.2) is 5.13 Å². The van der Waals surface area contributed by atoms with Crippen LogP contribution in [0.2, 0.25) is 0 Å². The van der Waals surface area contributed by atoms with Gasteiger partial charge in [0, 0.05) is 12.6 Å². The van der Waals surface area contributed by atoms with Crippen LogP contribution in [-0.4, -0.2) is 42.0 Å². The molecule has 6 heteroatoms. The van der Waals surface area contributed by atoms with Crippen molar-refractivity contribution in [3.63, 3.8) is 0 Å². The van der Waals surface area contributed by atoms with Crippen molar-refractivity contribution in [1.82, 2.24) is 15.2 Å². The molecule has 17 heavy (non-hydrogen) atoms. The second kappa shape index (κ2) is 5.01. The van der Waals surface area contributed by atoms with E-state index in [-0.39, 0.29) is 5.91 Å². The standard InChI is InChI=1S/C11H18N4OS/c1-7-9(17-11(12)14-7)10(16)13-6-8-4-3-5-15(8)2/h8H,3-6H2,1-2H3,(H2,12,14)(H,13,16). The molecule has 1 saturated heterocycles. The lowest BCUT2D eigenvalue weighted by Gasteiger charge is -2.19. The first-order valence-corrected chi connectivity index (χ1v) is 6.61. The molecule has 1 aliphatic heterocycles. The van der Waals surface area contributed by atoms with E-state index in [1.807, 2.05) is 6.92 Å². The maximum absolute atomic E-state index is 11.9. The van der Waals surface area contributed by atoms with Crippen molar-refractivity contribution in [2.45, 2.75) is 25.8 Å². The van der Waals surface area contributed by atoms with Gasteiger partial charge in [-0.2, -0.15) is 0 Å². The third kappa shape index (κ3) is 2.76. The third-order valence-corrected chi connectivity index (χ3v) is 4.17. The number of aromatic nitrogens is 1. The number of carbonyl (C=O) groups excluding carboxylic acids is 1. The average molecular weight is 254 g/mol. The van der Waals surface area contributed by atoms with Gasteiger partial charge in [-0.05, 0) is 33.4 Å². The minimum Gasteiger partial charge on any atom is -0.375 e. The van der Waals surface area contributed by atoms with E-state index in [9.17, 15) is 4.79 Å². The van der Waals surface area contributed by atoms with Gasteiger partial charge < -0.3 is 16.0 Å². The Bertz CT molecular complexity index is 418. The molecule has 2 rings (SSSR count). The Morgan fingerprint density at radius 1 is 1.71 bits per heavy atom. The summed E-state index contributed by atoms with van der Waals surface area (Å²) < 4.78 is 0. The van der Waals surface area contributed by atoms with Crippen LogP contribution in [0.1, 0.15) is 28.2 Å². The van der Waals surface area contributed by atoms with Crippen molar-refractivity contribution >= 4 is 22.4 Å². The summed E-state index contributed by atoms with van der Waals surface area (Å²) in [6.45, 7) is 3.63. The first-order chi connectivity index (χ1) is 8.08. The zero-order chi connectivity index (χ0) is 12.4. The highest BCUT2D eigenvalue weighted by Crippen LogP contribution is 2.19. The van der Waals surface area contributed by atoms with E-state index in [1.165, 1.54) is 17.8 Å². The number of hydrogen-bond acceptors (Lipinski definition) is 5. The van der Waals surface area contributed by atoms with Crippen molar-refractivity contribution in [1.29, 1.82) is 0 Å². The van der Waals surface area contributed by atoms with Crippen LogP contribution in [0.5, 0.6) is 0 Å². The number of nitrogens with zero attached hydrogens (tertiary/aromatic N) is 2. The summed E-state index contributed by atoms with van der Waals surface area (Å²) in [5.74, 6) is -0.0583. The number of likely N-dealkylation sites (tertiary alicyclic amines) is 1. The van der Waals surface area contributed by atoms with Crippen LogP contribution < -0.4 is 11.1 Å². The Labute approximate surface area is 105 Å². The van der Waals surface area contributed by atoms with Crippen LogP contribution in [0, 0.1) is 6.92 Å². The van der Waals surface area contributed by atoms with Gasteiger partial charge in [0.1, 0.15) is 4.88 Å². The number of nitrogens with one attached hydrogen (secondary N) is 1. The molecule has 1 aromatic rings. The number of hydrogen-bond donors (Lipinski definition) is 2. The fourth-order valence-electron chi connectivity index (χ4n) is 2.16. The van der Waals surface area contributed by atoms with Crippen molar-refractivity contribution < 1.29 is 4.79 Å². The highest BCUT2D eigenvalue weighted by molar-refractivity contribution is 7.17. The fraction of sp³-hybridized carbons (Fsp3) is 0.636. The number of aryl methyl sites for hydroxylation is 1. The predicted octanol–water partition coefficient (Wildman–Crippen LogP) is 0.858. The number of thiazole rings is 1. The Morgan fingerprint density at radius 2 is 2.47 bits per heavy atom. The van der Waals surface area contributed by atoms with Crippen LogP contribution in [0.4, 0.5) is 5.13 Å². The Morgan fingerprint density at radius 3 is 3.00 bits per heavy atom. The van der Waals surface area contributed by atoms with Gasteiger partial charge in [-0.15, -0.1) is 0 Å². The minimum atomic E-state index is -0.0583. The van der Waals surface area contributed by atoms with E-state index >= 15 is 0 Å². The summed E-state index contributed by atoms with van der Waals surface area (Å²) in [7, 11) is 2.10. The van der Waals surface area contributed by atoms with Crippen LogP contribution in [0.3, 0.4) is 0 Å². The Hall–Kier alpha value is -1.14. The number of amides is 1. The second-order valence-corrected chi connectivity index (χ2v) is 5.48. The number of rotatable bonds is 3. The van der Waals surface area contributed by atoms with E-state index < -0.39 is 0 Å². The molecule has 1 fully saturated rings. The molecular weight excluding hydrogens is 236 g/mol. The molecule has 0 spiro atoms. The van der Waals surface area contributed by atoms with E-state index in [2.05, 4.69) is 22.2 Å². The molecule has 5 nitrogen and oxygen atoms in total. The van der Waals surface area contributed by atoms with Crippen molar-refractivity contribution in [2.75, 3.05) is 25.9 Å². The first kappa shape index (κ1) is 12.3. The topological polar surface area (TPSA) is 71.2 Å². The highest BCUT2D eigenvalue weighted by atomic mass is 32.1. The molecule has 0 radical (unpaired) electrons. The number of carbonyl (C=O) groups is 1. The third-order valence-electron chi connectivity index (χ3n) is 3.19. The van der Waals surface area contributed by atoms with Crippen molar-refractivity contribution in [3.05, 3.63) is 10.6 Å². The summed E-state index contributed by atoms with van der Waals surface area (Å²) in [6, 6.07) is 0.463. The number of nitrogens with two attached hydrogens (primary N) is 1. The smallest absolute Gasteiger partial charge is 0.263 e. The number of nitrogen functional groups attached to an aromatic ring is 1. The minimum absolute atomic E-state index is 0.0583. The van der Waals surface area contributed by atoms with Gasteiger partial charge in [0.05, 0.1) is 5.69 Å². The summed E-state index contributed by atoms with van der Waals surface area (Å²) in [5.41, 5.74) is 6.29. The predicted molar refractivity (Wildman–Crippen MR) is 69.2 cm³/mol. The van der Waals surface area contributed by atoms with Gasteiger partial charge in [0.2, 0.25) is 0 Å². The van der Waals surface area contributed by atoms with E-state index in [0.717, 1.165) is 13.0 Å². The van der Waals surface area contributed by atoms with Crippen LogP contribution >= 0.6 is 11.3 Å². The summed E-state index contributed by atoms with van der Waals surface area (Å²) in [6.07, 6.45) is 2.37. The maximum Gasteiger partial charge on any atom is 0.263 e. The monoisotopic (exact) mass is 254 g/mol. The molecule has 3 N–H and O–H groups in total. The maximum atomic E-state index is 11.9. The Balaban J connectivity index is 1.91. The van der Waals surface area contributed by atoms with E-state index in [4.69, 9.17) is 5.73 Å². The Kier molecular flexibility index (Phi) is 3.63. The molecule has 1 atom stereocenters.